The highest BCUT2D eigenvalue weighted by Crippen LogP contribution is 2.36. The first-order chi connectivity index (χ1) is 23.9. The fraction of sp³-hybridized carbons (Fsp3) is 0.711. The number of nitrogens with zero attached hydrogens (tertiary/aromatic N) is 3. The minimum Gasteiger partial charge on any atom is -0.376 e. The molecule has 3 fully saturated rings. The Balaban J connectivity index is 1.45. The van der Waals surface area contributed by atoms with Gasteiger partial charge in [0.25, 0.3) is 5.91 Å². The van der Waals surface area contributed by atoms with E-state index in [-0.39, 0.29) is 35.5 Å². The summed E-state index contributed by atoms with van der Waals surface area (Å²) in [6, 6.07) is 4.21. The number of hydrogen-bond acceptors (Lipinski definition) is 8. The number of primary amides is 1. The number of hydrogen-bond donors (Lipinski definition) is 5. The second-order valence-electron chi connectivity index (χ2n) is 16.6. The second-order valence-corrected chi connectivity index (χ2v) is 16.6. The minimum atomic E-state index is -1.31. The molecule has 2 saturated heterocycles. The van der Waals surface area contributed by atoms with Gasteiger partial charge >= 0.3 is 6.03 Å². The van der Waals surface area contributed by atoms with Gasteiger partial charge in [0.1, 0.15) is 18.3 Å². The summed E-state index contributed by atoms with van der Waals surface area (Å²) in [5.74, 6) is -2.32. The van der Waals surface area contributed by atoms with Gasteiger partial charge in [-0.2, -0.15) is 0 Å². The molecule has 2 heterocycles. The van der Waals surface area contributed by atoms with Crippen molar-refractivity contribution in [2.75, 3.05) is 37.6 Å². The van der Waals surface area contributed by atoms with E-state index in [1.165, 1.54) is 5.56 Å². The zero-order chi connectivity index (χ0) is 37.8. The third kappa shape index (κ3) is 10.2. The van der Waals surface area contributed by atoms with Crippen LogP contribution in [0, 0.1) is 36.0 Å². The van der Waals surface area contributed by atoms with Crippen LogP contribution in [0.3, 0.4) is 0 Å². The molecule has 6 atom stereocenters. The van der Waals surface area contributed by atoms with Gasteiger partial charge in [-0.3, -0.25) is 24.5 Å². The molecule has 0 bridgehead atoms. The predicted molar refractivity (Wildman–Crippen MR) is 196 cm³/mol. The molecule has 3 aliphatic rings. The van der Waals surface area contributed by atoms with Gasteiger partial charge in [0.05, 0.1) is 12.1 Å². The van der Waals surface area contributed by atoms with E-state index in [1.54, 1.807) is 9.80 Å². The van der Waals surface area contributed by atoms with Crippen molar-refractivity contribution >= 4 is 35.2 Å². The van der Waals surface area contributed by atoms with Crippen LogP contribution in [0.1, 0.15) is 79.7 Å². The first-order valence-corrected chi connectivity index (χ1v) is 18.6. The monoisotopic (exact) mass is 711 g/mol. The predicted octanol–water partition coefficient (Wildman–Crippen LogP) is 2.39. The number of aryl methyl sites for hydroxylation is 1. The molecule has 6 N–H and O–H groups in total. The van der Waals surface area contributed by atoms with Crippen LogP contribution >= 0.6 is 0 Å². The highest BCUT2D eigenvalue weighted by atomic mass is 16.3. The summed E-state index contributed by atoms with van der Waals surface area (Å²) >= 11 is 0. The average Bonchev–Trinajstić information content (AvgIpc) is 3.77. The number of rotatable bonds is 14. The summed E-state index contributed by atoms with van der Waals surface area (Å²) in [4.78, 5) is 72.0. The van der Waals surface area contributed by atoms with Crippen LogP contribution in [0.5, 0.6) is 0 Å². The lowest BCUT2D eigenvalue weighted by Gasteiger charge is -2.40. The molecule has 0 aromatic heterocycles. The molecule has 4 rings (SSSR count). The minimum absolute atomic E-state index is 0.0961. The third-order valence-corrected chi connectivity index (χ3v) is 10.7. The Bertz CT molecular complexity index is 1420. The first-order valence-electron chi connectivity index (χ1n) is 18.6. The Morgan fingerprint density at radius 3 is 2.10 bits per heavy atom. The second kappa shape index (κ2) is 16.8. The van der Waals surface area contributed by atoms with Crippen molar-refractivity contribution in [2.45, 2.75) is 111 Å². The molecule has 13 nitrogen and oxygen atoms in total. The van der Waals surface area contributed by atoms with Crippen molar-refractivity contribution in [3.63, 3.8) is 0 Å². The number of carbonyl (C=O) groups is 5. The van der Waals surface area contributed by atoms with Crippen LogP contribution in [-0.2, 0) is 19.2 Å². The molecule has 51 heavy (non-hydrogen) atoms. The maximum Gasteiger partial charge on any atom is 0.316 e. The number of piperazine rings is 1. The van der Waals surface area contributed by atoms with Gasteiger partial charge < -0.3 is 36.2 Å². The average molecular weight is 712 g/mol. The van der Waals surface area contributed by atoms with Gasteiger partial charge in [-0.1, -0.05) is 73.4 Å². The van der Waals surface area contributed by atoms with Crippen molar-refractivity contribution < 1.29 is 29.1 Å². The zero-order valence-electron chi connectivity index (χ0n) is 31.8. The van der Waals surface area contributed by atoms with Crippen molar-refractivity contribution in [2.24, 2.45) is 34.8 Å². The number of nitrogens with one attached hydrogen (secondary N) is 3. The number of likely N-dealkylation sites (tertiary alicyclic amines) is 1. The van der Waals surface area contributed by atoms with Crippen LogP contribution in [0.4, 0.5) is 10.5 Å². The molecule has 1 saturated carbocycles. The van der Waals surface area contributed by atoms with E-state index in [4.69, 9.17) is 5.73 Å². The Morgan fingerprint density at radius 2 is 1.57 bits per heavy atom. The lowest BCUT2D eigenvalue weighted by atomic mass is 9.84. The Labute approximate surface area is 303 Å². The van der Waals surface area contributed by atoms with Crippen LogP contribution in [0.15, 0.2) is 24.3 Å². The highest BCUT2D eigenvalue weighted by Gasteiger charge is 2.48. The Morgan fingerprint density at radius 1 is 0.922 bits per heavy atom. The molecule has 0 spiro atoms. The van der Waals surface area contributed by atoms with Gasteiger partial charge in [-0.05, 0) is 66.5 Å². The zero-order valence-corrected chi connectivity index (χ0v) is 31.8. The molecular formula is C38H61N7O6. The number of ketones is 1. The molecule has 2 aliphatic heterocycles. The molecule has 1 aromatic rings. The number of aliphatic hydroxyl groups is 1. The van der Waals surface area contributed by atoms with Crippen molar-refractivity contribution in [3.05, 3.63) is 29.8 Å². The number of aliphatic hydroxyl groups excluding tert-OH is 1. The lowest BCUT2D eigenvalue weighted by Crippen LogP contribution is -2.63. The number of benzene rings is 1. The molecule has 13 heteroatoms. The van der Waals surface area contributed by atoms with E-state index >= 15 is 0 Å². The molecule has 3 unspecified atom stereocenters. The molecule has 1 aliphatic carbocycles. The van der Waals surface area contributed by atoms with Crippen molar-refractivity contribution in [1.82, 2.24) is 25.8 Å². The third-order valence-electron chi connectivity index (χ3n) is 10.7. The molecule has 284 valence electrons. The fourth-order valence-electron chi connectivity index (χ4n) is 7.49. The summed E-state index contributed by atoms with van der Waals surface area (Å²) in [5.41, 5.74) is 6.92. The smallest absolute Gasteiger partial charge is 0.316 e. The summed E-state index contributed by atoms with van der Waals surface area (Å²) in [5, 5.41) is 20.3. The quantitative estimate of drug-likeness (QED) is 0.144. The van der Waals surface area contributed by atoms with Gasteiger partial charge in [0, 0.05) is 38.4 Å². The standard InChI is InChI=1S/C38H61N7O6/c1-22(2)27-14-15-45(30(27)34(48)40-28(21-25-12-13-25)31(46)33(39)47)36(50)32(38(6,7)8)42-37(51)41-29(23(3)4)35(49)44-18-16-43(17-19-44)26-11-9-10-24(5)20-26/h9-11,20,22-23,25,27-30,32,34,40,48H,12-19,21H2,1-8H3,(H2,39,47)(H2,41,42,51)/t27-,28?,29+,30?,32-,34?/m1/s1. The van der Waals surface area contributed by atoms with E-state index in [0.717, 1.165) is 18.5 Å². The fourth-order valence-corrected chi connectivity index (χ4v) is 7.49. The summed E-state index contributed by atoms with van der Waals surface area (Å²) in [6.45, 7) is 18.2. The van der Waals surface area contributed by atoms with Crippen molar-refractivity contribution in [3.8, 4) is 0 Å². The van der Waals surface area contributed by atoms with Gasteiger partial charge in [-0.15, -0.1) is 0 Å². The summed E-state index contributed by atoms with van der Waals surface area (Å²) in [7, 11) is 0. The van der Waals surface area contributed by atoms with Crippen LogP contribution in [0.25, 0.3) is 0 Å². The molecule has 5 amide bonds. The largest absolute Gasteiger partial charge is 0.376 e. The number of amides is 5. The van der Waals surface area contributed by atoms with Gasteiger partial charge in [0.15, 0.2) is 0 Å². The number of nitrogens with two attached hydrogens (primary N) is 1. The maximum absolute atomic E-state index is 14.4. The molecule has 0 radical (unpaired) electrons. The first kappa shape index (κ1) is 40.1. The molecular weight excluding hydrogens is 650 g/mol. The number of anilines is 1. The van der Waals surface area contributed by atoms with Crippen LogP contribution < -0.4 is 26.6 Å². The van der Waals surface area contributed by atoms with E-state index in [2.05, 4.69) is 46.0 Å². The maximum atomic E-state index is 14.4. The van der Waals surface area contributed by atoms with E-state index in [1.807, 2.05) is 54.5 Å². The number of Topliss-reactive ketones (excluding diaryl/α,β-unsaturated/α-hetero) is 1. The Hall–Kier alpha value is -3.71. The van der Waals surface area contributed by atoms with E-state index < -0.39 is 53.5 Å². The number of carbonyl (C=O) groups excluding carboxylic acids is 5. The number of urea groups is 1. The normalized spacial score (nSPS) is 22.1. The summed E-state index contributed by atoms with van der Waals surface area (Å²) < 4.78 is 0. The van der Waals surface area contributed by atoms with E-state index in [0.29, 0.717) is 45.6 Å². The van der Waals surface area contributed by atoms with Crippen LogP contribution in [0.2, 0.25) is 0 Å². The van der Waals surface area contributed by atoms with Crippen molar-refractivity contribution in [1.29, 1.82) is 0 Å². The Kier molecular flexibility index (Phi) is 13.2. The van der Waals surface area contributed by atoms with E-state index in [9.17, 15) is 29.1 Å². The topological polar surface area (TPSA) is 177 Å². The highest BCUT2D eigenvalue weighted by molar-refractivity contribution is 6.37. The SMILES string of the molecule is Cc1cccc(N2CCN(C(=O)[C@@H](NC(=O)N[C@H](C(=O)N3CC[C@H](C(C)C)C3C(O)NC(CC3CC3)C(=O)C(N)=O)C(C)(C)C)C(C)C)CC2)c1. The van der Waals surface area contributed by atoms with Gasteiger partial charge in [0.2, 0.25) is 17.6 Å². The van der Waals surface area contributed by atoms with Crippen LogP contribution in [-0.4, -0.2) is 108 Å². The van der Waals surface area contributed by atoms with Gasteiger partial charge in [-0.25, -0.2) is 4.79 Å². The molecule has 1 aromatic carbocycles. The lowest BCUT2D eigenvalue weighted by molar-refractivity contribution is -0.142. The summed E-state index contributed by atoms with van der Waals surface area (Å²) in [6.07, 6.45) is 1.58.